The van der Waals surface area contributed by atoms with Crippen LogP contribution in [0, 0.1) is 13.8 Å². The van der Waals surface area contributed by atoms with Crippen molar-refractivity contribution in [1.82, 2.24) is 19.8 Å². The molecule has 0 aliphatic carbocycles. The summed E-state index contributed by atoms with van der Waals surface area (Å²) in [6.45, 7) is 6.72. The number of halogens is 4. The summed E-state index contributed by atoms with van der Waals surface area (Å²) in [4.78, 5) is 48.4. The summed E-state index contributed by atoms with van der Waals surface area (Å²) in [6.07, 6.45) is -4.93. The summed E-state index contributed by atoms with van der Waals surface area (Å²) in [6, 6.07) is 46.0. The summed E-state index contributed by atoms with van der Waals surface area (Å²) >= 11 is 5.91. The first-order valence-electron chi connectivity index (χ1n) is 24.7. The summed E-state index contributed by atoms with van der Waals surface area (Å²) in [5.74, 6) is 2.34. The number of nitrogens with zero attached hydrogens (tertiary/aromatic N) is 4. The van der Waals surface area contributed by atoms with Gasteiger partial charge in [-0.2, -0.15) is 0 Å². The van der Waals surface area contributed by atoms with Gasteiger partial charge in [0.1, 0.15) is 48.5 Å². The molecule has 0 saturated carbocycles. The van der Waals surface area contributed by atoms with E-state index in [0.717, 1.165) is 62.2 Å². The molecule has 8 aromatic rings. The zero-order valence-corrected chi connectivity index (χ0v) is 43.7. The van der Waals surface area contributed by atoms with E-state index >= 15 is 0 Å². The van der Waals surface area contributed by atoms with Gasteiger partial charge in [0, 0.05) is 48.6 Å². The van der Waals surface area contributed by atoms with Crippen molar-refractivity contribution in [2.45, 2.75) is 66.3 Å². The van der Waals surface area contributed by atoms with E-state index in [1.807, 2.05) is 118 Å². The number of carbonyl (C=O) groups excluding carboxylic acids is 2. The van der Waals surface area contributed by atoms with Gasteiger partial charge >= 0.3 is 24.5 Å². The van der Waals surface area contributed by atoms with E-state index < -0.39 is 30.7 Å². The minimum absolute atomic E-state index is 0.0514. The average Bonchev–Trinajstić information content (AvgIpc) is 4.00. The number of carbonyl (C=O) groups is 3. The lowest BCUT2D eigenvalue weighted by Crippen LogP contribution is -2.35. The molecule has 0 saturated heterocycles. The first-order valence-corrected chi connectivity index (χ1v) is 25.1. The van der Waals surface area contributed by atoms with E-state index in [1.165, 1.54) is 12.1 Å². The van der Waals surface area contributed by atoms with Crippen LogP contribution in [0.1, 0.15) is 52.1 Å². The first kappa shape index (κ1) is 56.9. The van der Waals surface area contributed by atoms with Gasteiger partial charge in [0.25, 0.3) is 0 Å². The first-order chi connectivity index (χ1) is 37.6. The predicted molar refractivity (Wildman–Crippen MR) is 284 cm³/mol. The van der Waals surface area contributed by atoms with Crippen molar-refractivity contribution in [3.63, 3.8) is 0 Å². The van der Waals surface area contributed by atoms with Gasteiger partial charge < -0.3 is 42.5 Å². The van der Waals surface area contributed by atoms with E-state index in [2.05, 4.69) is 14.7 Å². The molecule has 2 heterocycles. The van der Waals surface area contributed by atoms with Crippen LogP contribution in [0.25, 0.3) is 22.9 Å². The molecule has 0 bridgehead atoms. The zero-order chi connectivity index (χ0) is 55.4. The topological polar surface area (TPSA) is 176 Å². The summed E-state index contributed by atoms with van der Waals surface area (Å²) in [5.41, 5.74) is 6.38. The van der Waals surface area contributed by atoms with Crippen molar-refractivity contribution < 1.29 is 65.2 Å². The second kappa shape index (κ2) is 27.8. The molecule has 6 aromatic carbocycles. The third-order valence-electron chi connectivity index (χ3n) is 11.6. The van der Waals surface area contributed by atoms with Crippen LogP contribution in [0.5, 0.6) is 17.2 Å². The molecule has 8 rings (SSSR count). The van der Waals surface area contributed by atoms with E-state index in [0.29, 0.717) is 78.6 Å². The summed E-state index contributed by atoms with van der Waals surface area (Å²) < 4.78 is 74.8. The summed E-state index contributed by atoms with van der Waals surface area (Å²) in [7, 11) is 0. The second-order valence-corrected chi connectivity index (χ2v) is 17.9. The Bertz CT molecular complexity index is 3170. The van der Waals surface area contributed by atoms with Crippen molar-refractivity contribution in [1.29, 1.82) is 0 Å². The van der Waals surface area contributed by atoms with Crippen LogP contribution in [0.4, 0.5) is 22.8 Å². The zero-order valence-electron chi connectivity index (χ0n) is 42.9. The molecule has 15 nitrogen and oxygen atoms in total. The number of amides is 2. The van der Waals surface area contributed by atoms with Crippen LogP contribution in [0.3, 0.4) is 0 Å². The fourth-order valence-corrected chi connectivity index (χ4v) is 7.75. The number of hydrogen-bond acceptors (Lipinski definition) is 12. The minimum atomic E-state index is -4.82. The summed E-state index contributed by atoms with van der Waals surface area (Å²) in [5, 5.41) is 9.90. The highest BCUT2D eigenvalue weighted by Crippen LogP contribution is 2.26. The van der Waals surface area contributed by atoms with Gasteiger partial charge in [0.05, 0.1) is 24.6 Å². The maximum absolute atomic E-state index is 12.6. The van der Waals surface area contributed by atoms with Gasteiger partial charge in [-0.3, -0.25) is 9.69 Å². The Kier molecular flexibility index (Phi) is 20.3. The SMILES string of the molecule is CCN(Cc1cccc(OCCc2nc(-c3ccccc3)oc2C)c1)C(=O)OCc1ccc(Cl)cc1.Cc1oc(-c2ccccc2)nc1CCOc1ccc(CN(CC(=O)O)C(=O)OCc2ccc(OC(F)(F)F)cc2)cc1. The molecule has 0 aliphatic heterocycles. The quantitative estimate of drug-likeness (QED) is 0.0679. The van der Waals surface area contributed by atoms with Crippen LogP contribution in [-0.2, 0) is 53.4 Å². The largest absolute Gasteiger partial charge is 0.573 e. The maximum atomic E-state index is 12.6. The number of aromatic nitrogens is 2. The second-order valence-electron chi connectivity index (χ2n) is 17.5. The Labute approximate surface area is 453 Å². The Morgan fingerprint density at radius 3 is 1.56 bits per heavy atom. The molecule has 406 valence electrons. The van der Waals surface area contributed by atoms with Crippen LogP contribution in [0.2, 0.25) is 5.02 Å². The predicted octanol–water partition coefficient (Wildman–Crippen LogP) is 13.5. The van der Waals surface area contributed by atoms with Gasteiger partial charge in [0.15, 0.2) is 0 Å². The normalized spacial score (nSPS) is 11.0. The monoisotopic (exact) mass is 1090 g/mol. The molecule has 0 atom stereocenters. The number of hydrogen-bond donors (Lipinski definition) is 1. The van der Waals surface area contributed by atoms with Gasteiger partial charge in [0.2, 0.25) is 11.8 Å². The van der Waals surface area contributed by atoms with Crippen molar-refractivity contribution in [2.75, 3.05) is 26.3 Å². The number of carboxylic acids is 1. The molecule has 0 unspecified atom stereocenters. The van der Waals surface area contributed by atoms with E-state index in [9.17, 15) is 32.7 Å². The molecule has 0 radical (unpaired) electrons. The van der Waals surface area contributed by atoms with Crippen LogP contribution >= 0.6 is 11.6 Å². The van der Waals surface area contributed by atoms with E-state index in [4.69, 9.17) is 39.4 Å². The lowest BCUT2D eigenvalue weighted by atomic mass is 10.2. The van der Waals surface area contributed by atoms with Gasteiger partial charge in [-0.05, 0) is 116 Å². The van der Waals surface area contributed by atoms with E-state index in [-0.39, 0.29) is 25.9 Å². The number of carboxylic acid groups (broad SMARTS) is 1. The fourth-order valence-electron chi connectivity index (χ4n) is 7.62. The molecule has 0 spiro atoms. The molecule has 19 heteroatoms. The molecular weight excluding hydrogens is 1030 g/mol. The third kappa shape index (κ3) is 17.9. The van der Waals surface area contributed by atoms with Gasteiger partial charge in [-0.25, -0.2) is 19.6 Å². The molecule has 78 heavy (non-hydrogen) atoms. The lowest BCUT2D eigenvalue weighted by molar-refractivity contribution is -0.274. The number of ether oxygens (including phenoxy) is 5. The van der Waals surface area contributed by atoms with Crippen molar-refractivity contribution in [3.8, 4) is 40.2 Å². The Hall–Kier alpha value is -8.77. The van der Waals surface area contributed by atoms with Crippen molar-refractivity contribution >= 4 is 29.8 Å². The van der Waals surface area contributed by atoms with Gasteiger partial charge in [-0.1, -0.05) is 96.5 Å². The smallest absolute Gasteiger partial charge is 0.493 e. The molecule has 0 fully saturated rings. The highest BCUT2D eigenvalue weighted by Gasteiger charge is 2.31. The highest BCUT2D eigenvalue weighted by atomic mass is 35.5. The lowest BCUT2D eigenvalue weighted by Gasteiger charge is -2.21. The Morgan fingerprint density at radius 2 is 1.05 bits per heavy atom. The average molecular weight is 1090 g/mol. The molecule has 1 N–H and O–H groups in total. The standard InChI is InChI=1S/C30H27F3N2O7.C29H29ClN2O4/c1-20-26(34-28(41-20)23-5-3-2-4-6-23)15-16-39-24-11-7-21(8-12-24)17-35(18-27(36)37)29(38)40-19-22-9-13-25(14-10-22)42-30(31,32)33;1-3-32(29(33)35-20-22-12-14-25(30)15-13-22)19-23-8-7-11-26(18-23)34-17-16-27-21(2)36-28(31-27)24-9-5-4-6-10-24/h2-14H,15-19H2,1H3,(H,36,37);4-15,18H,3,16-17,19-20H2,1-2H3. The number of benzene rings is 6. The maximum Gasteiger partial charge on any atom is 0.573 e. The molecule has 2 amide bonds. The van der Waals surface area contributed by atoms with Crippen LogP contribution in [0.15, 0.2) is 167 Å². The number of aliphatic carboxylic acids is 1. The Morgan fingerprint density at radius 1 is 0.577 bits per heavy atom. The number of oxazole rings is 2. The van der Waals surface area contributed by atoms with Crippen LogP contribution < -0.4 is 14.2 Å². The Balaban J connectivity index is 0.000000229. The minimum Gasteiger partial charge on any atom is -0.493 e. The number of alkyl halides is 3. The molecule has 0 aliphatic rings. The third-order valence-corrected chi connectivity index (χ3v) is 11.9. The molecular formula is C59H56ClF3N4O11. The number of aryl methyl sites for hydroxylation is 2. The van der Waals surface area contributed by atoms with Crippen molar-refractivity contribution in [2.24, 2.45) is 0 Å². The van der Waals surface area contributed by atoms with Gasteiger partial charge in [-0.15, -0.1) is 13.2 Å². The van der Waals surface area contributed by atoms with Crippen LogP contribution in [-0.4, -0.2) is 75.7 Å². The fraction of sp³-hybridized carbons (Fsp3) is 0.237. The van der Waals surface area contributed by atoms with Crippen molar-refractivity contribution in [3.05, 3.63) is 208 Å². The molecule has 2 aromatic heterocycles. The van der Waals surface area contributed by atoms with E-state index in [1.54, 1.807) is 41.3 Å². The highest BCUT2D eigenvalue weighted by molar-refractivity contribution is 6.30. The number of rotatable bonds is 22.